The first-order valence-electron chi connectivity index (χ1n) is 6.76. The van der Waals surface area contributed by atoms with Crippen molar-refractivity contribution in [1.29, 1.82) is 0 Å². The molecule has 0 radical (unpaired) electrons. The van der Waals surface area contributed by atoms with Gasteiger partial charge in [0.15, 0.2) is 0 Å². The van der Waals surface area contributed by atoms with Crippen molar-refractivity contribution in [2.45, 2.75) is 45.6 Å². The average molecular weight is 248 g/mol. The quantitative estimate of drug-likeness (QED) is 0.726. The van der Waals surface area contributed by atoms with Crippen LogP contribution in [0.1, 0.15) is 49.9 Å². The molecule has 0 spiro atoms. The minimum Gasteiger partial charge on any atom is -0.383 e. The lowest BCUT2D eigenvalue weighted by molar-refractivity contribution is 0.0963. The third kappa shape index (κ3) is 4.78. The van der Waals surface area contributed by atoms with Gasteiger partial charge in [-0.1, -0.05) is 26.2 Å². The Bertz CT molecular complexity index is 359. The Labute approximate surface area is 110 Å². The van der Waals surface area contributed by atoms with Crippen LogP contribution in [0, 0.1) is 0 Å². The van der Waals surface area contributed by atoms with Crippen molar-refractivity contribution in [2.24, 2.45) is 0 Å². The van der Waals surface area contributed by atoms with Gasteiger partial charge < -0.3 is 10.6 Å². The van der Waals surface area contributed by atoms with E-state index in [1.54, 1.807) is 7.05 Å². The normalized spacial score (nSPS) is 11.9. The van der Waals surface area contributed by atoms with Crippen LogP contribution in [0.2, 0.25) is 0 Å². The smallest absolute Gasteiger partial charge is 0.251 e. The van der Waals surface area contributed by atoms with Gasteiger partial charge in [0.1, 0.15) is 0 Å². The van der Waals surface area contributed by atoms with Crippen LogP contribution in [0.25, 0.3) is 0 Å². The summed E-state index contributed by atoms with van der Waals surface area (Å²) in [6.07, 6.45) is 5.00. The standard InChI is InChI=1S/C15H24N2O/c1-4-5-6-7-12(2)17-14-10-8-13(9-11-14)15(18)16-3/h8-12,17H,4-7H2,1-3H3,(H,16,18). The number of hydrogen-bond donors (Lipinski definition) is 2. The van der Waals surface area contributed by atoms with Crippen molar-refractivity contribution in [1.82, 2.24) is 5.32 Å². The van der Waals surface area contributed by atoms with Gasteiger partial charge in [0, 0.05) is 24.3 Å². The van der Waals surface area contributed by atoms with E-state index in [1.807, 2.05) is 24.3 Å². The second kappa shape index (κ2) is 7.75. The lowest BCUT2D eigenvalue weighted by atomic mass is 10.1. The fourth-order valence-electron chi connectivity index (χ4n) is 1.92. The number of anilines is 1. The van der Waals surface area contributed by atoms with Crippen molar-refractivity contribution in [2.75, 3.05) is 12.4 Å². The highest BCUT2D eigenvalue weighted by Crippen LogP contribution is 2.13. The van der Waals surface area contributed by atoms with Crippen molar-refractivity contribution in [3.05, 3.63) is 29.8 Å². The number of amides is 1. The molecule has 0 aliphatic carbocycles. The van der Waals surface area contributed by atoms with E-state index in [2.05, 4.69) is 24.5 Å². The molecule has 0 aromatic heterocycles. The summed E-state index contributed by atoms with van der Waals surface area (Å²) < 4.78 is 0. The minimum absolute atomic E-state index is 0.0439. The molecule has 18 heavy (non-hydrogen) atoms. The number of unbranched alkanes of at least 4 members (excludes halogenated alkanes) is 2. The van der Waals surface area contributed by atoms with Gasteiger partial charge in [0.25, 0.3) is 5.91 Å². The molecule has 1 aromatic carbocycles. The summed E-state index contributed by atoms with van der Waals surface area (Å²) >= 11 is 0. The zero-order chi connectivity index (χ0) is 13.4. The molecule has 3 nitrogen and oxygen atoms in total. The van der Waals surface area contributed by atoms with Crippen LogP contribution >= 0.6 is 0 Å². The number of rotatable bonds is 7. The highest BCUT2D eigenvalue weighted by molar-refractivity contribution is 5.94. The number of hydrogen-bond acceptors (Lipinski definition) is 2. The third-order valence-electron chi connectivity index (χ3n) is 3.03. The fraction of sp³-hybridized carbons (Fsp3) is 0.533. The molecule has 0 aliphatic rings. The second-order valence-electron chi connectivity index (χ2n) is 4.70. The van der Waals surface area contributed by atoms with Gasteiger partial charge >= 0.3 is 0 Å². The maximum atomic E-state index is 11.4. The molecule has 100 valence electrons. The van der Waals surface area contributed by atoms with Crippen LogP contribution in [0.5, 0.6) is 0 Å². The van der Waals surface area contributed by atoms with Crippen molar-refractivity contribution in [3.8, 4) is 0 Å². The number of benzene rings is 1. The first-order chi connectivity index (χ1) is 8.67. The summed E-state index contributed by atoms with van der Waals surface area (Å²) in [5.74, 6) is -0.0439. The monoisotopic (exact) mass is 248 g/mol. The van der Waals surface area contributed by atoms with Crippen LogP contribution < -0.4 is 10.6 Å². The Hall–Kier alpha value is -1.51. The van der Waals surface area contributed by atoms with Crippen LogP contribution in [0.15, 0.2) is 24.3 Å². The molecule has 0 aliphatic heterocycles. The van der Waals surface area contributed by atoms with Gasteiger partial charge in [-0.3, -0.25) is 4.79 Å². The molecule has 0 saturated carbocycles. The summed E-state index contributed by atoms with van der Waals surface area (Å²) in [7, 11) is 1.64. The van der Waals surface area contributed by atoms with Gasteiger partial charge in [-0.2, -0.15) is 0 Å². The minimum atomic E-state index is -0.0439. The van der Waals surface area contributed by atoms with E-state index < -0.39 is 0 Å². The van der Waals surface area contributed by atoms with E-state index in [-0.39, 0.29) is 5.91 Å². The van der Waals surface area contributed by atoms with Gasteiger partial charge in [-0.15, -0.1) is 0 Å². The summed E-state index contributed by atoms with van der Waals surface area (Å²) in [5.41, 5.74) is 1.77. The molecule has 1 unspecified atom stereocenters. The lowest BCUT2D eigenvalue weighted by Crippen LogP contribution is -2.18. The zero-order valence-electron chi connectivity index (χ0n) is 11.6. The van der Waals surface area contributed by atoms with Crippen LogP contribution in [-0.2, 0) is 0 Å². The van der Waals surface area contributed by atoms with Crippen molar-refractivity contribution < 1.29 is 4.79 Å². The molecule has 0 bridgehead atoms. The number of carbonyl (C=O) groups excluding carboxylic acids is 1. The maximum Gasteiger partial charge on any atom is 0.251 e. The second-order valence-corrected chi connectivity index (χ2v) is 4.70. The lowest BCUT2D eigenvalue weighted by Gasteiger charge is -2.15. The summed E-state index contributed by atoms with van der Waals surface area (Å²) in [6.45, 7) is 4.41. The molecule has 3 heteroatoms. The molecule has 0 saturated heterocycles. The van der Waals surface area contributed by atoms with E-state index in [1.165, 1.54) is 25.7 Å². The Morgan fingerprint density at radius 1 is 1.22 bits per heavy atom. The van der Waals surface area contributed by atoms with Gasteiger partial charge in [-0.25, -0.2) is 0 Å². The molecule has 1 aromatic rings. The first kappa shape index (κ1) is 14.6. The van der Waals surface area contributed by atoms with E-state index in [0.29, 0.717) is 11.6 Å². The Morgan fingerprint density at radius 3 is 2.44 bits per heavy atom. The van der Waals surface area contributed by atoms with Crippen LogP contribution in [-0.4, -0.2) is 19.0 Å². The molecule has 0 heterocycles. The molecule has 2 N–H and O–H groups in total. The van der Waals surface area contributed by atoms with E-state index >= 15 is 0 Å². The fourth-order valence-corrected chi connectivity index (χ4v) is 1.92. The third-order valence-corrected chi connectivity index (χ3v) is 3.03. The highest BCUT2D eigenvalue weighted by atomic mass is 16.1. The molecular formula is C15H24N2O. The number of nitrogens with one attached hydrogen (secondary N) is 2. The maximum absolute atomic E-state index is 11.4. The van der Waals surface area contributed by atoms with Gasteiger partial charge in [0.2, 0.25) is 0 Å². The Morgan fingerprint density at radius 2 is 1.89 bits per heavy atom. The topological polar surface area (TPSA) is 41.1 Å². The Kier molecular flexibility index (Phi) is 6.26. The zero-order valence-corrected chi connectivity index (χ0v) is 11.6. The van der Waals surface area contributed by atoms with E-state index in [4.69, 9.17) is 0 Å². The number of carbonyl (C=O) groups is 1. The SMILES string of the molecule is CCCCCC(C)Nc1ccc(C(=O)NC)cc1. The Balaban J connectivity index is 2.45. The molecule has 1 rings (SSSR count). The largest absolute Gasteiger partial charge is 0.383 e. The average Bonchev–Trinajstić information content (AvgIpc) is 2.39. The van der Waals surface area contributed by atoms with Crippen molar-refractivity contribution >= 4 is 11.6 Å². The predicted molar refractivity (Wildman–Crippen MR) is 77.1 cm³/mol. The first-order valence-corrected chi connectivity index (χ1v) is 6.76. The summed E-state index contributed by atoms with van der Waals surface area (Å²) in [6, 6.07) is 8.09. The highest BCUT2D eigenvalue weighted by Gasteiger charge is 2.04. The molecule has 0 fully saturated rings. The molecule has 1 atom stereocenters. The van der Waals surface area contributed by atoms with Gasteiger partial charge in [-0.05, 0) is 37.6 Å². The van der Waals surface area contributed by atoms with Crippen LogP contribution in [0.3, 0.4) is 0 Å². The van der Waals surface area contributed by atoms with Crippen LogP contribution in [0.4, 0.5) is 5.69 Å². The van der Waals surface area contributed by atoms with E-state index in [0.717, 1.165) is 5.69 Å². The van der Waals surface area contributed by atoms with E-state index in [9.17, 15) is 4.79 Å². The van der Waals surface area contributed by atoms with Gasteiger partial charge in [0.05, 0.1) is 0 Å². The molecular weight excluding hydrogens is 224 g/mol. The predicted octanol–water partition coefficient (Wildman–Crippen LogP) is 3.43. The molecule has 1 amide bonds. The summed E-state index contributed by atoms with van der Waals surface area (Å²) in [4.78, 5) is 11.4. The van der Waals surface area contributed by atoms with Crippen molar-refractivity contribution in [3.63, 3.8) is 0 Å². The summed E-state index contributed by atoms with van der Waals surface area (Å²) in [5, 5.41) is 6.07.